The van der Waals surface area contributed by atoms with E-state index in [1.54, 1.807) is 21.0 Å². The molecule has 1 aromatic rings. The van der Waals surface area contributed by atoms with Crippen LogP contribution in [0, 0.1) is 13.8 Å². The van der Waals surface area contributed by atoms with Gasteiger partial charge in [0.05, 0.1) is 24.6 Å². The van der Waals surface area contributed by atoms with Gasteiger partial charge in [-0.25, -0.2) is 13.1 Å². The van der Waals surface area contributed by atoms with Gasteiger partial charge in [-0.3, -0.25) is 9.89 Å². The number of methoxy groups -OCH3 is 1. The summed E-state index contributed by atoms with van der Waals surface area (Å²) in [5, 5.41) is 9.02. The third-order valence-corrected chi connectivity index (χ3v) is 4.46. The summed E-state index contributed by atoms with van der Waals surface area (Å²) in [7, 11) is -2.10. The molecule has 10 heteroatoms. The number of ether oxygens (including phenoxy) is 2. The molecule has 0 spiro atoms. The van der Waals surface area contributed by atoms with Crippen LogP contribution in [-0.4, -0.2) is 64.5 Å². The third kappa shape index (κ3) is 5.72. The summed E-state index contributed by atoms with van der Waals surface area (Å²) in [4.78, 5) is 11.5. The van der Waals surface area contributed by atoms with Crippen molar-refractivity contribution in [3.05, 3.63) is 11.4 Å². The molecule has 1 heterocycles. The zero-order chi connectivity index (χ0) is 16.6. The van der Waals surface area contributed by atoms with Crippen molar-refractivity contribution in [2.75, 3.05) is 40.0 Å². The van der Waals surface area contributed by atoms with Crippen molar-refractivity contribution in [2.45, 2.75) is 18.7 Å². The number of carbonyl (C=O) groups excluding carboxylic acids is 1. The van der Waals surface area contributed by atoms with Crippen molar-refractivity contribution < 1.29 is 22.7 Å². The summed E-state index contributed by atoms with van der Waals surface area (Å²) in [6, 6.07) is 0. The molecule has 0 fully saturated rings. The molecule has 0 aromatic carbocycles. The average molecular weight is 334 g/mol. The molecule has 22 heavy (non-hydrogen) atoms. The molecule has 0 saturated heterocycles. The maximum absolute atomic E-state index is 12.1. The van der Waals surface area contributed by atoms with Crippen molar-refractivity contribution in [2.24, 2.45) is 0 Å². The Morgan fingerprint density at radius 3 is 2.59 bits per heavy atom. The Labute approximate surface area is 129 Å². The Bertz CT molecular complexity index is 565. The lowest BCUT2D eigenvalue weighted by atomic mass is 10.4. The van der Waals surface area contributed by atoms with Crippen LogP contribution in [0.3, 0.4) is 0 Å². The average Bonchev–Trinajstić information content (AvgIpc) is 2.80. The van der Waals surface area contributed by atoms with Gasteiger partial charge in [-0.15, -0.1) is 0 Å². The van der Waals surface area contributed by atoms with E-state index < -0.39 is 10.0 Å². The number of amides is 1. The maximum atomic E-state index is 12.1. The highest BCUT2D eigenvalue weighted by atomic mass is 32.2. The summed E-state index contributed by atoms with van der Waals surface area (Å²) in [6.07, 6.45) is 0. The number of carbonyl (C=O) groups is 1. The predicted molar refractivity (Wildman–Crippen MR) is 79.0 cm³/mol. The second kappa shape index (κ2) is 8.83. The Hall–Kier alpha value is -1.49. The van der Waals surface area contributed by atoms with E-state index in [4.69, 9.17) is 9.47 Å². The number of rotatable bonds is 10. The van der Waals surface area contributed by atoms with E-state index in [2.05, 4.69) is 20.2 Å². The fourth-order valence-electron chi connectivity index (χ4n) is 1.75. The highest BCUT2D eigenvalue weighted by Gasteiger charge is 2.21. The minimum atomic E-state index is -3.64. The van der Waals surface area contributed by atoms with Crippen LogP contribution in [0.25, 0.3) is 0 Å². The van der Waals surface area contributed by atoms with Crippen molar-refractivity contribution in [1.29, 1.82) is 0 Å². The number of hydrogen-bond acceptors (Lipinski definition) is 6. The Balaban J connectivity index is 2.31. The van der Waals surface area contributed by atoms with Gasteiger partial charge in [0.2, 0.25) is 15.9 Å². The number of aromatic nitrogens is 2. The number of nitrogens with zero attached hydrogens (tertiary/aromatic N) is 1. The van der Waals surface area contributed by atoms with E-state index in [1.807, 2.05) is 0 Å². The molecule has 0 radical (unpaired) electrons. The molecule has 0 aliphatic carbocycles. The number of aryl methyl sites for hydroxylation is 2. The molecular weight excluding hydrogens is 312 g/mol. The van der Waals surface area contributed by atoms with Crippen molar-refractivity contribution in [3.63, 3.8) is 0 Å². The SMILES string of the molecule is COCCOCC(=O)NCCNS(=O)(=O)c1c(C)n[nH]c1C. The van der Waals surface area contributed by atoms with Gasteiger partial charge in [0.1, 0.15) is 11.5 Å². The molecule has 0 unspecified atom stereocenters. The van der Waals surface area contributed by atoms with Crippen LogP contribution in [-0.2, 0) is 24.3 Å². The standard InChI is InChI=1S/C12H22N4O5S/c1-9-12(10(2)16-15-9)22(18,19)14-5-4-13-11(17)8-21-7-6-20-3/h14H,4-8H2,1-3H3,(H,13,17)(H,15,16). The Kier molecular flexibility index (Phi) is 7.45. The Morgan fingerprint density at radius 2 is 2.00 bits per heavy atom. The lowest BCUT2D eigenvalue weighted by Gasteiger charge is -2.08. The van der Waals surface area contributed by atoms with Crippen molar-refractivity contribution in [3.8, 4) is 0 Å². The second-order valence-electron chi connectivity index (χ2n) is 4.56. The zero-order valence-electron chi connectivity index (χ0n) is 12.9. The van der Waals surface area contributed by atoms with Crippen LogP contribution in [0.15, 0.2) is 4.90 Å². The van der Waals surface area contributed by atoms with Crippen LogP contribution >= 0.6 is 0 Å². The summed E-state index contributed by atoms with van der Waals surface area (Å²) >= 11 is 0. The van der Waals surface area contributed by atoms with E-state index in [0.717, 1.165) is 0 Å². The molecular formula is C12H22N4O5S. The monoisotopic (exact) mass is 334 g/mol. The highest BCUT2D eigenvalue weighted by molar-refractivity contribution is 7.89. The first-order chi connectivity index (χ1) is 10.4. The number of H-pyrrole nitrogens is 1. The lowest BCUT2D eigenvalue weighted by Crippen LogP contribution is -2.36. The lowest BCUT2D eigenvalue weighted by molar-refractivity contribution is -0.126. The van der Waals surface area contributed by atoms with Gasteiger partial charge in [0, 0.05) is 20.2 Å². The first kappa shape index (κ1) is 18.6. The molecule has 0 atom stereocenters. The van der Waals surface area contributed by atoms with Crippen molar-refractivity contribution in [1.82, 2.24) is 20.2 Å². The largest absolute Gasteiger partial charge is 0.382 e. The van der Waals surface area contributed by atoms with Gasteiger partial charge in [0.25, 0.3) is 0 Å². The van der Waals surface area contributed by atoms with E-state index >= 15 is 0 Å². The fraction of sp³-hybridized carbons (Fsp3) is 0.667. The number of nitrogens with one attached hydrogen (secondary N) is 3. The summed E-state index contributed by atoms with van der Waals surface area (Å²) in [5.74, 6) is -0.314. The third-order valence-electron chi connectivity index (χ3n) is 2.73. The molecule has 126 valence electrons. The molecule has 9 nitrogen and oxygen atoms in total. The molecule has 0 aliphatic heterocycles. The predicted octanol–water partition coefficient (Wildman–Crippen LogP) is -0.916. The van der Waals surface area contributed by atoms with Gasteiger partial charge in [-0.2, -0.15) is 5.10 Å². The number of aromatic amines is 1. The minimum absolute atomic E-state index is 0.0796. The van der Waals surface area contributed by atoms with E-state index in [1.165, 1.54) is 0 Å². The number of hydrogen-bond donors (Lipinski definition) is 3. The summed E-state index contributed by atoms with van der Waals surface area (Å²) < 4.78 is 36.4. The zero-order valence-corrected chi connectivity index (χ0v) is 13.7. The van der Waals surface area contributed by atoms with Crippen LogP contribution in [0.2, 0.25) is 0 Å². The topological polar surface area (TPSA) is 122 Å². The van der Waals surface area contributed by atoms with Crippen LogP contribution in [0.4, 0.5) is 0 Å². The minimum Gasteiger partial charge on any atom is -0.382 e. The molecule has 0 saturated carbocycles. The number of sulfonamides is 1. The highest BCUT2D eigenvalue weighted by Crippen LogP contribution is 2.15. The molecule has 0 aliphatic rings. The second-order valence-corrected chi connectivity index (χ2v) is 6.26. The van der Waals surface area contributed by atoms with Gasteiger partial charge in [0.15, 0.2) is 0 Å². The molecule has 0 bridgehead atoms. The molecule has 3 N–H and O–H groups in total. The quantitative estimate of drug-likeness (QED) is 0.476. The van der Waals surface area contributed by atoms with Crippen LogP contribution < -0.4 is 10.0 Å². The van der Waals surface area contributed by atoms with Gasteiger partial charge >= 0.3 is 0 Å². The fourth-order valence-corrected chi connectivity index (χ4v) is 3.15. The summed E-state index contributed by atoms with van der Waals surface area (Å²) in [5.41, 5.74) is 0.876. The Morgan fingerprint density at radius 1 is 1.27 bits per heavy atom. The maximum Gasteiger partial charge on any atom is 0.246 e. The summed E-state index contributed by atoms with van der Waals surface area (Å²) in [6.45, 7) is 4.14. The van der Waals surface area contributed by atoms with E-state index in [-0.39, 0.29) is 30.5 Å². The van der Waals surface area contributed by atoms with Crippen LogP contribution in [0.5, 0.6) is 0 Å². The smallest absolute Gasteiger partial charge is 0.246 e. The molecule has 1 rings (SSSR count). The van der Waals surface area contributed by atoms with Crippen LogP contribution in [0.1, 0.15) is 11.4 Å². The molecule has 1 aromatic heterocycles. The molecule has 1 amide bonds. The first-order valence-electron chi connectivity index (χ1n) is 6.73. The van der Waals surface area contributed by atoms with Gasteiger partial charge in [-0.1, -0.05) is 0 Å². The van der Waals surface area contributed by atoms with Gasteiger partial charge < -0.3 is 14.8 Å². The van der Waals surface area contributed by atoms with Gasteiger partial charge in [-0.05, 0) is 13.8 Å². The van der Waals surface area contributed by atoms with E-state index in [9.17, 15) is 13.2 Å². The van der Waals surface area contributed by atoms with E-state index in [0.29, 0.717) is 24.6 Å². The first-order valence-corrected chi connectivity index (χ1v) is 8.21. The van der Waals surface area contributed by atoms with Crippen molar-refractivity contribution >= 4 is 15.9 Å². The normalized spacial score (nSPS) is 11.6.